The number of benzene rings is 3. The minimum absolute atomic E-state index is 0.160. The predicted molar refractivity (Wildman–Crippen MR) is 151 cm³/mol. The number of amides is 1. The molecule has 7 nitrogen and oxygen atoms in total. The molecule has 0 radical (unpaired) electrons. The number of ether oxygens (including phenoxy) is 1. The van der Waals surface area contributed by atoms with Crippen LogP contribution >= 0.6 is 0 Å². The van der Waals surface area contributed by atoms with Gasteiger partial charge in [-0.15, -0.1) is 0 Å². The molecule has 0 aliphatic heterocycles. The molecule has 4 rings (SSSR count). The molecule has 0 aliphatic carbocycles. The maximum absolute atomic E-state index is 12.9. The van der Waals surface area contributed by atoms with Crippen molar-refractivity contribution in [3.8, 4) is 17.0 Å². The lowest BCUT2D eigenvalue weighted by Gasteiger charge is -2.15. The molecule has 0 spiro atoms. The minimum Gasteiger partial charge on any atom is -0.497 e. The average Bonchev–Trinajstić information content (AvgIpc) is 2.92. The number of aldehydes is 1. The number of aryl methyl sites for hydroxylation is 3. The second kappa shape index (κ2) is 11.5. The topological polar surface area (TPSA) is 104 Å². The molecule has 7 heteroatoms. The van der Waals surface area contributed by atoms with Crippen LogP contribution in [0.5, 0.6) is 5.75 Å². The van der Waals surface area contributed by atoms with Gasteiger partial charge in [0.05, 0.1) is 12.8 Å². The van der Waals surface area contributed by atoms with Gasteiger partial charge in [-0.2, -0.15) is 0 Å². The fourth-order valence-corrected chi connectivity index (χ4v) is 4.24. The molecule has 0 saturated heterocycles. The Labute approximate surface area is 222 Å². The number of nitrogens with zero attached hydrogens (tertiary/aromatic N) is 1. The fraction of sp³-hybridized carbons (Fsp3) is 0.161. The van der Waals surface area contributed by atoms with E-state index < -0.39 is 0 Å². The Hall–Kier alpha value is -4.78. The van der Waals surface area contributed by atoms with E-state index in [1.54, 1.807) is 19.2 Å². The predicted octanol–water partition coefficient (Wildman–Crippen LogP) is 6.11. The first-order valence-corrected chi connectivity index (χ1v) is 12.2. The summed E-state index contributed by atoms with van der Waals surface area (Å²) in [6.45, 7) is 6.35. The maximum Gasteiger partial charge on any atom is 0.255 e. The van der Waals surface area contributed by atoms with Crippen LogP contribution in [-0.2, 0) is 11.3 Å². The molecular formula is C31H30N4O3. The summed E-state index contributed by atoms with van der Waals surface area (Å²) in [7, 11) is 1.62. The quantitative estimate of drug-likeness (QED) is 0.188. The molecule has 0 saturated carbocycles. The number of rotatable bonds is 9. The van der Waals surface area contributed by atoms with Gasteiger partial charge in [0, 0.05) is 28.9 Å². The Morgan fingerprint density at radius 2 is 1.66 bits per heavy atom. The number of carbonyl (C=O) groups is 2. The number of carbonyl (C=O) groups excluding carboxylic acids is 2. The molecule has 3 aromatic carbocycles. The monoisotopic (exact) mass is 506 g/mol. The summed E-state index contributed by atoms with van der Waals surface area (Å²) in [5.74, 6) is 1.01. The summed E-state index contributed by atoms with van der Waals surface area (Å²) in [4.78, 5) is 29.1. The zero-order valence-electron chi connectivity index (χ0n) is 21.9. The molecular weight excluding hydrogens is 476 g/mol. The molecule has 1 aromatic heterocycles. The third-order valence-corrected chi connectivity index (χ3v) is 6.18. The van der Waals surface area contributed by atoms with Crippen molar-refractivity contribution in [2.24, 2.45) is 0 Å². The number of pyridine rings is 1. The molecule has 192 valence electrons. The summed E-state index contributed by atoms with van der Waals surface area (Å²) in [5.41, 5.74) is 7.01. The van der Waals surface area contributed by atoms with E-state index in [1.807, 2.05) is 81.4 Å². The second-order valence-corrected chi connectivity index (χ2v) is 9.19. The number of hydrogen-bond acceptors (Lipinski definition) is 6. The molecule has 1 heterocycles. The van der Waals surface area contributed by atoms with Crippen molar-refractivity contribution in [1.82, 2.24) is 4.98 Å². The van der Waals surface area contributed by atoms with Gasteiger partial charge < -0.3 is 15.4 Å². The van der Waals surface area contributed by atoms with Gasteiger partial charge in [0.25, 0.3) is 5.91 Å². The molecule has 38 heavy (non-hydrogen) atoms. The molecule has 4 aromatic rings. The van der Waals surface area contributed by atoms with Crippen molar-refractivity contribution >= 4 is 29.4 Å². The Kier molecular flexibility index (Phi) is 7.97. The molecule has 0 unspecified atom stereocenters. The van der Waals surface area contributed by atoms with Crippen molar-refractivity contribution < 1.29 is 14.3 Å². The van der Waals surface area contributed by atoms with Crippen LogP contribution in [0, 0.1) is 26.2 Å². The third kappa shape index (κ3) is 6.13. The lowest BCUT2D eigenvalue weighted by molar-refractivity contribution is -0.102. The lowest BCUT2D eigenvalue weighted by Crippen LogP contribution is -2.13. The highest BCUT2D eigenvalue weighted by Crippen LogP contribution is 2.28. The molecule has 3 N–H and O–H groups in total. The van der Waals surface area contributed by atoms with E-state index in [0.717, 1.165) is 33.6 Å². The van der Waals surface area contributed by atoms with Crippen LogP contribution in [0.15, 0.2) is 72.8 Å². The number of methoxy groups -OCH3 is 1. The largest absolute Gasteiger partial charge is 0.497 e. The van der Waals surface area contributed by atoms with E-state index in [0.29, 0.717) is 41.2 Å². The van der Waals surface area contributed by atoms with Gasteiger partial charge in [0.2, 0.25) is 0 Å². The number of aromatic nitrogens is 1. The Morgan fingerprint density at radius 1 is 0.947 bits per heavy atom. The minimum atomic E-state index is -0.184. The van der Waals surface area contributed by atoms with E-state index in [-0.39, 0.29) is 11.6 Å². The van der Waals surface area contributed by atoms with Crippen LogP contribution < -0.4 is 15.4 Å². The lowest BCUT2D eigenvalue weighted by atomic mass is 10.0. The number of nitrogens with one attached hydrogen (secondary N) is 3. The van der Waals surface area contributed by atoms with Crippen LogP contribution in [0.1, 0.15) is 38.2 Å². The number of hydrogen-bond donors (Lipinski definition) is 3. The molecule has 0 aliphatic rings. The van der Waals surface area contributed by atoms with Crippen LogP contribution in [-0.4, -0.2) is 30.0 Å². The Bertz CT molecular complexity index is 1490. The summed E-state index contributed by atoms with van der Waals surface area (Å²) in [6.07, 6.45) is 0.504. The first-order valence-electron chi connectivity index (χ1n) is 12.2. The normalized spacial score (nSPS) is 10.5. The van der Waals surface area contributed by atoms with Crippen LogP contribution in [0.2, 0.25) is 0 Å². The van der Waals surface area contributed by atoms with Gasteiger partial charge in [-0.25, -0.2) is 4.98 Å². The molecule has 0 atom stereocenters. The summed E-state index contributed by atoms with van der Waals surface area (Å²) >= 11 is 0. The van der Waals surface area contributed by atoms with Crippen molar-refractivity contribution in [1.29, 1.82) is 5.41 Å². The second-order valence-electron chi connectivity index (χ2n) is 9.19. The molecule has 0 fully saturated rings. The third-order valence-electron chi connectivity index (χ3n) is 6.18. The van der Waals surface area contributed by atoms with E-state index in [1.165, 1.54) is 0 Å². The van der Waals surface area contributed by atoms with E-state index in [4.69, 9.17) is 15.1 Å². The van der Waals surface area contributed by atoms with E-state index in [2.05, 4.69) is 10.6 Å². The van der Waals surface area contributed by atoms with Crippen molar-refractivity contribution in [2.75, 3.05) is 17.7 Å². The van der Waals surface area contributed by atoms with Gasteiger partial charge in [0.1, 0.15) is 17.3 Å². The zero-order valence-corrected chi connectivity index (χ0v) is 21.9. The van der Waals surface area contributed by atoms with Crippen LogP contribution in [0.3, 0.4) is 0 Å². The highest BCUT2D eigenvalue weighted by atomic mass is 16.5. The summed E-state index contributed by atoms with van der Waals surface area (Å²) < 4.78 is 5.22. The zero-order chi connectivity index (χ0) is 27.2. The first-order chi connectivity index (χ1) is 18.3. The Morgan fingerprint density at radius 3 is 2.32 bits per heavy atom. The van der Waals surface area contributed by atoms with Crippen molar-refractivity contribution in [2.45, 2.75) is 27.3 Å². The summed E-state index contributed by atoms with van der Waals surface area (Å²) in [5, 5.41) is 14.3. The summed E-state index contributed by atoms with van der Waals surface area (Å²) in [6, 6.07) is 22.5. The molecule has 1 amide bonds. The van der Waals surface area contributed by atoms with E-state index >= 15 is 0 Å². The van der Waals surface area contributed by atoms with Crippen molar-refractivity contribution in [3.63, 3.8) is 0 Å². The van der Waals surface area contributed by atoms with Gasteiger partial charge in [0.15, 0.2) is 6.29 Å². The highest BCUT2D eigenvalue weighted by molar-refractivity contribution is 6.36. The van der Waals surface area contributed by atoms with Gasteiger partial charge in [-0.3, -0.25) is 15.0 Å². The van der Waals surface area contributed by atoms with Gasteiger partial charge >= 0.3 is 0 Å². The maximum atomic E-state index is 12.9. The van der Waals surface area contributed by atoms with Crippen LogP contribution in [0.4, 0.5) is 11.5 Å². The van der Waals surface area contributed by atoms with E-state index in [9.17, 15) is 9.59 Å². The average molecular weight is 507 g/mol. The SMILES string of the molecule is COc1ccc(CNc2nc(-c3cc(NC(=O)c4cc(C)cc(C)c4)ccc3C)ccc2C(=N)C=O)cc1. The number of anilines is 2. The smallest absolute Gasteiger partial charge is 0.255 e. The van der Waals surface area contributed by atoms with Crippen LogP contribution in [0.25, 0.3) is 11.3 Å². The fourth-order valence-electron chi connectivity index (χ4n) is 4.24. The first kappa shape index (κ1) is 26.3. The van der Waals surface area contributed by atoms with Gasteiger partial charge in [-0.05, 0) is 80.4 Å². The standard InChI is InChI=1S/C31H30N4O3/c1-19-13-20(2)15-23(14-19)31(37)34-24-8-5-21(3)27(16-24)29-12-11-26(28(32)18-36)30(35-29)33-17-22-6-9-25(38-4)10-7-22/h5-16,18,32H,17H2,1-4H3,(H,33,35)(H,34,37). The Balaban J connectivity index is 1.63. The van der Waals surface area contributed by atoms with Gasteiger partial charge in [-0.1, -0.05) is 35.4 Å². The molecule has 0 bridgehead atoms. The van der Waals surface area contributed by atoms with Crippen molar-refractivity contribution in [3.05, 3.63) is 106 Å². The highest BCUT2D eigenvalue weighted by Gasteiger charge is 2.14.